The van der Waals surface area contributed by atoms with Gasteiger partial charge in [-0.1, -0.05) is 18.2 Å². The van der Waals surface area contributed by atoms with Crippen LogP contribution in [-0.4, -0.2) is 4.98 Å². The topological polar surface area (TPSA) is 68.2 Å². The number of hydrazine groups is 1. The van der Waals surface area contributed by atoms with Crippen LogP contribution in [0.4, 0.5) is 17.1 Å². The monoisotopic (exact) mass is 228 g/mol. The predicted octanol–water partition coefficient (Wildman–Crippen LogP) is 2.29. The zero-order valence-electron chi connectivity index (χ0n) is 10.0. The summed E-state index contributed by atoms with van der Waals surface area (Å²) in [6, 6.07) is 11.6. The Hall–Kier alpha value is -2.07. The molecule has 0 saturated carbocycles. The van der Waals surface area contributed by atoms with Gasteiger partial charge in [-0.15, -0.1) is 0 Å². The molecule has 0 atom stereocenters. The number of hydrogen-bond donors (Lipinski definition) is 2. The third kappa shape index (κ3) is 2.21. The maximum absolute atomic E-state index is 6.08. The van der Waals surface area contributed by atoms with Gasteiger partial charge in [-0.3, -0.25) is 9.99 Å². The summed E-state index contributed by atoms with van der Waals surface area (Å²) < 4.78 is 0. The Bertz CT molecular complexity index is 522. The van der Waals surface area contributed by atoms with Crippen LogP contribution in [0, 0.1) is 13.8 Å². The SMILES string of the molecule is Cc1cc(N(N)c2ccccc2)c(N)c(C)n1. The minimum absolute atomic E-state index is 0.613. The number of aromatic nitrogens is 1. The van der Waals surface area contributed by atoms with Crippen molar-refractivity contribution in [1.29, 1.82) is 0 Å². The van der Waals surface area contributed by atoms with Crippen molar-refractivity contribution in [1.82, 2.24) is 4.98 Å². The van der Waals surface area contributed by atoms with Gasteiger partial charge in [0.25, 0.3) is 0 Å². The summed E-state index contributed by atoms with van der Waals surface area (Å²) >= 11 is 0. The summed E-state index contributed by atoms with van der Waals surface area (Å²) in [6.45, 7) is 3.80. The van der Waals surface area contributed by atoms with Gasteiger partial charge in [0.15, 0.2) is 0 Å². The van der Waals surface area contributed by atoms with Crippen molar-refractivity contribution in [2.75, 3.05) is 10.7 Å². The van der Waals surface area contributed by atoms with Crippen molar-refractivity contribution in [3.63, 3.8) is 0 Å². The Morgan fingerprint density at radius 3 is 2.41 bits per heavy atom. The van der Waals surface area contributed by atoms with Gasteiger partial charge >= 0.3 is 0 Å². The van der Waals surface area contributed by atoms with Crippen molar-refractivity contribution < 1.29 is 0 Å². The van der Waals surface area contributed by atoms with Crippen molar-refractivity contribution >= 4 is 17.1 Å². The minimum atomic E-state index is 0.613. The molecule has 2 rings (SSSR count). The van der Waals surface area contributed by atoms with Crippen LogP contribution in [0.15, 0.2) is 36.4 Å². The van der Waals surface area contributed by atoms with Crippen molar-refractivity contribution in [2.24, 2.45) is 5.84 Å². The van der Waals surface area contributed by atoms with Crippen LogP contribution >= 0.6 is 0 Å². The van der Waals surface area contributed by atoms with Crippen LogP contribution in [-0.2, 0) is 0 Å². The number of pyridine rings is 1. The second-order valence-electron chi connectivity index (χ2n) is 3.99. The van der Waals surface area contributed by atoms with E-state index in [1.807, 2.05) is 50.2 Å². The predicted molar refractivity (Wildman–Crippen MR) is 70.9 cm³/mol. The van der Waals surface area contributed by atoms with E-state index in [9.17, 15) is 0 Å². The van der Waals surface area contributed by atoms with Gasteiger partial charge in [0.05, 0.1) is 22.8 Å². The molecule has 0 aliphatic rings. The van der Waals surface area contributed by atoms with Crippen molar-refractivity contribution in [3.05, 3.63) is 47.8 Å². The summed E-state index contributed by atoms with van der Waals surface area (Å²) in [5, 5.41) is 1.58. The Balaban J connectivity index is 2.48. The average molecular weight is 228 g/mol. The van der Waals surface area contributed by atoms with E-state index >= 15 is 0 Å². The second kappa shape index (κ2) is 4.43. The van der Waals surface area contributed by atoms with E-state index in [0.29, 0.717) is 5.69 Å². The fourth-order valence-corrected chi connectivity index (χ4v) is 1.74. The van der Waals surface area contributed by atoms with Gasteiger partial charge in [0.2, 0.25) is 0 Å². The van der Waals surface area contributed by atoms with Gasteiger partial charge in [-0.2, -0.15) is 0 Å². The van der Waals surface area contributed by atoms with Crippen molar-refractivity contribution in [3.8, 4) is 0 Å². The maximum Gasteiger partial charge on any atom is 0.0841 e. The van der Waals surface area contributed by atoms with Gasteiger partial charge in [0, 0.05) is 5.69 Å². The Morgan fingerprint density at radius 2 is 1.76 bits per heavy atom. The minimum Gasteiger partial charge on any atom is -0.396 e. The lowest BCUT2D eigenvalue weighted by Crippen LogP contribution is -2.26. The zero-order chi connectivity index (χ0) is 12.4. The molecule has 1 aromatic heterocycles. The molecule has 0 spiro atoms. The molecule has 4 nitrogen and oxygen atoms in total. The summed E-state index contributed by atoms with van der Waals surface area (Å²) in [6.07, 6.45) is 0. The quantitative estimate of drug-likeness (QED) is 0.611. The summed E-state index contributed by atoms with van der Waals surface area (Å²) in [5.74, 6) is 6.08. The molecule has 0 amide bonds. The third-order valence-corrected chi connectivity index (χ3v) is 2.65. The van der Waals surface area contributed by atoms with Crippen LogP contribution in [0.1, 0.15) is 11.4 Å². The van der Waals surface area contributed by atoms with Gasteiger partial charge < -0.3 is 5.73 Å². The molecular weight excluding hydrogens is 212 g/mol. The number of nitrogens with zero attached hydrogens (tertiary/aromatic N) is 2. The van der Waals surface area contributed by atoms with Crippen LogP contribution in [0.5, 0.6) is 0 Å². The first-order chi connectivity index (χ1) is 8.09. The van der Waals surface area contributed by atoms with E-state index in [1.54, 1.807) is 5.01 Å². The largest absolute Gasteiger partial charge is 0.396 e. The summed E-state index contributed by atoms with van der Waals surface area (Å²) in [4.78, 5) is 4.30. The lowest BCUT2D eigenvalue weighted by molar-refractivity contribution is 1.05. The molecule has 0 saturated heterocycles. The molecule has 0 radical (unpaired) electrons. The lowest BCUT2D eigenvalue weighted by atomic mass is 10.2. The summed E-state index contributed by atoms with van der Waals surface area (Å²) in [5.41, 5.74) is 9.99. The molecule has 0 unspecified atom stereocenters. The Morgan fingerprint density at radius 1 is 1.12 bits per heavy atom. The smallest absolute Gasteiger partial charge is 0.0841 e. The van der Waals surface area contributed by atoms with E-state index in [1.165, 1.54) is 0 Å². The number of aryl methyl sites for hydroxylation is 2. The van der Waals surface area contributed by atoms with E-state index in [-0.39, 0.29) is 0 Å². The molecule has 0 fully saturated rings. The normalized spacial score (nSPS) is 10.3. The molecule has 88 valence electrons. The first-order valence-electron chi connectivity index (χ1n) is 5.43. The number of nitrogen functional groups attached to an aromatic ring is 1. The number of rotatable bonds is 2. The van der Waals surface area contributed by atoms with E-state index in [2.05, 4.69) is 4.98 Å². The Labute approximate surface area is 101 Å². The summed E-state index contributed by atoms with van der Waals surface area (Å²) in [7, 11) is 0. The van der Waals surface area contributed by atoms with Gasteiger partial charge in [0.1, 0.15) is 0 Å². The van der Waals surface area contributed by atoms with Crippen LogP contribution in [0.3, 0.4) is 0 Å². The lowest BCUT2D eigenvalue weighted by Gasteiger charge is -2.21. The first-order valence-corrected chi connectivity index (χ1v) is 5.43. The zero-order valence-corrected chi connectivity index (χ0v) is 10.0. The molecule has 0 aliphatic carbocycles. The Kier molecular flexibility index (Phi) is 2.97. The number of para-hydroxylation sites is 1. The second-order valence-corrected chi connectivity index (χ2v) is 3.99. The molecule has 2 aromatic rings. The highest BCUT2D eigenvalue weighted by Crippen LogP contribution is 2.29. The van der Waals surface area contributed by atoms with Crippen LogP contribution in [0.2, 0.25) is 0 Å². The molecule has 0 aliphatic heterocycles. The molecule has 4 heteroatoms. The first kappa shape index (κ1) is 11.4. The molecular formula is C13H16N4. The van der Waals surface area contributed by atoms with Gasteiger partial charge in [-0.05, 0) is 32.0 Å². The fourth-order valence-electron chi connectivity index (χ4n) is 1.74. The molecule has 0 bridgehead atoms. The maximum atomic E-state index is 6.08. The number of nitrogens with two attached hydrogens (primary N) is 2. The van der Waals surface area contributed by atoms with E-state index in [0.717, 1.165) is 22.8 Å². The highest BCUT2D eigenvalue weighted by molar-refractivity contribution is 5.75. The number of benzene rings is 1. The van der Waals surface area contributed by atoms with E-state index in [4.69, 9.17) is 11.6 Å². The van der Waals surface area contributed by atoms with Crippen molar-refractivity contribution in [2.45, 2.75) is 13.8 Å². The van der Waals surface area contributed by atoms with E-state index < -0.39 is 0 Å². The molecule has 4 N–H and O–H groups in total. The third-order valence-electron chi connectivity index (χ3n) is 2.65. The van der Waals surface area contributed by atoms with Crippen LogP contribution < -0.4 is 16.6 Å². The number of hydrogen-bond acceptors (Lipinski definition) is 4. The van der Waals surface area contributed by atoms with Crippen LogP contribution in [0.25, 0.3) is 0 Å². The molecule has 17 heavy (non-hydrogen) atoms. The number of anilines is 3. The highest BCUT2D eigenvalue weighted by atomic mass is 15.4. The fraction of sp³-hybridized carbons (Fsp3) is 0.154. The van der Waals surface area contributed by atoms with Gasteiger partial charge in [-0.25, -0.2) is 5.84 Å². The molecule has 1 aromatic carbocycles. The average Bonchev–Trinajstić information content (AvgIpc) is 2.34. The highest BCUT2D eigenvalue weighted by Gasteiger charge is 2.11. The standard InChI is InChI=1S/C13H16N4/c1-9-8-12(13(14)10(2)16-9)17(15)11-6-4-3-5-7-11/h3-8H,14-15H2,1-2H3. The molecule has 1 heterocycles.